The van der Waals surface area contributed by atoms with Crippen molar-refractivity contribution < 1.29 is 19.2 Å². The second-order valence-electron chi connectivity index (χ2n) is 10.6. The van der Waals surface area contributed by atoms with Gasteiger partial charge in [-0.15, -0.1) is 4.91 Å². The molecule has 3 aromatic rings. The van der Waals surface area contributed by atoms with Gasteiger partial charge in [0, 0.05) is 20.8 Å². The smallest absolute Gasteiger partial charge is 0.290 e. The molecule has 0 radical (unpaired) electrons. The van der Waals surface area contributed by atoms with E-state index in [9.17, 15) is 24.2 Å². The standard InChI is InChI=1S/C31H28Cl2N4O6/c32-20-13-14-23(24(33)16-20)29-28(30(39)36-43-17-19-11-9-18(10-12-19)15-27(38)35-42)21-5-1-2-6-22(21)31(40)37(29)26-8-4-3-7-25(26)34-41/h1-2,5-6,9-14,16,25-26,28-29H,3-4,7-8,15,17H2,(H,36,39)/t25-,26-,28+,29-/m0/s1. The molecule has 4 atom stereocenters. The van der Waals surface area contributed by atoms with E-state index in [2.05, 4.69) is 15.8 Å². The molecular formula is C31H28Cl2N4O6. The fourth-order valence-corrected chi connectivity index (χ4v) is 6.55. The minimum atomic E-state index is -0.939. The number of carbonyl (C=O) groups is 3. The van der Waals surface area contributed by atoms with Crippen molar-refractivity contribution in [3.63, 3.8) is 0 Å². The van der Waals surface area contributed by atoms with Gasteiger partial charge in [-0.3, -0.25) is 19.2 Å². The van der Waals surface area contributed by atoms with Crippen molar-refractivity contribution in [2.75, 3.05) is 0 Å². The minimum Gasteiger partial charge on any atom is -0.325 e. The summed E-state index contributed by atoms with van der Waals surface area (Å²) in [6.45, 7) is 0.00897. The molecule has 0 saturated heterocycles. The van der Waals surface area contributed by atoms with Crippen LogP contribution in [0.15, 0.2) is 77.1 Å². The van der Waals surface area contributed by atoms with E-state index in [-0.39, 0.29) is 24.0 Å². The number of fused-ring (bicyclic) bond motifs is 1. The lowest BCUT2D eigenvalue weighted by Gasteiger charge is -2.47. The normalized spacial score (nSPS) is 21.5. The first-order valence-corrected chi connectivity index (χ1v) is 14.6. The molecule has 1 aliphatic carbocycles. The van der Waals surface area contributed by atoms with Crippen LogP contribution < -0.4 is 5.48 Å². The lowest BCUT2D eigenvalue weighted by Crippen LogP contribution is -2.55. The Morgan fingerprint density at radius 2 is 1.65 bits per heavy atom. The highest BCUT2D eigenvalue weighted by molar-refractivity contribution is 6.35. The molecule has 2 aliphatic rings. The molecule has 1 N–H and O–H groups in total. The molecule has 0 bridgehead atoms. The molecule has 3 aromatic carbocycles. The summed E-state index contributed by atoms with van der Waals surface area (Å²) in [5.74, 6) is -2.52. The molecule has 0 unspecified atom stereocenters. The van der Waals surface area contributed by atoms with E-state index < -0.39 is 35.9 Å². The Bertz CT molecular complexity index is 1550. The Morgan fingerprint density at radius 3 is 2.37 bits per heavy atom. The number of rotatable bonds is 9. The number of halogens is 2. The first kappa shape index (κ1) is 30.5. The quantitative estimate of drug-likeness (QED) is 0.216. The molecule has 12 heteroatoms. The summed E-state index contributed by atoms with van der Waals surface area (Å²) >= 11 is 12.9. The molecule has 222 valence electrons. The zero-order valence-corrected chi connectivity index (χ0v) is 24.5. The summed E-state index contributed by atoms with van der Waals surface area (Å²) in [6.07, 6.45) is 2.62. The summed E-state index contributed by atoms with van der Waals surface area (Å²) in [5.41, 5.74) is 5.25. The van der Waals surface area contributed by atoms with Gasteiger partial charge in [0.2, 0.25) is 0 Å². The summed E-state index contributed by atoms with van der Waals surface area (Å²) in [5, 5.41) is 6.46. The largest absolute Gasteiger partial charge is 0.325 e. The van der Waals surface area contributed by atoms with Crippen molar-refractivity contribution in [1.82, 2.24) is 10.4 Å². The fourth-order valence-electron chi connectivity index (χ4n) is 6.02. The summed E-state index contributed by atoms with van der Waals surface area (Å²) in [7, 11) is 0. The number of hydrogen-bond acceptors (Lipinski definition) is 7. The first-order chi connectivity index (χ1) is 20.8. The summed E-state index contributed by atoms with van der Waals surface area (Å²) in [6, 6.07) is 16.5. The average molecular weight is 623 g/mol. The lowest BCUT2D eigenvalue weighted by molar-refractivity contribution is -0.138. The maximum atomic E-state index is 14.1. The van der Waals surface area contributed by atoms with E-state index in [0.717, 1.165) is 12.8 Å². The van der Waals surface area contributed by atoms with Crippen LogP contribution in [0, 0.1) is 9.81 Å². The van der Waals surface area contributed by atoms with Crippen molar-refractivity contribution in [2.45, 2.75) is 62.8 Å². The van der Waals surface area contributed by atoms with Crippen LogP contribution in [0.25, 0.3) is 0 Å². The van der Waals surface area contributed by atoms with Crippen LogP contribution in [0.1, 0.15) is 70.3 Å². The predicted molar refractivity (Wildman–Crippen MR) is 160 cm³/mol. The highest BCUT2D eigenvalue weighted by atomic mass is 35.5. The average Bonchev–Trinajstić information content (AvgIpc) is 3.02. The number of hydrogen-bond donors (Lipinski definition) is 1. The fraction of sp³-hybridized carbons (Fsp3) is 0.323. The SMILES string of the molecule is O=NC(=O)Cc1ccc(CONC(=O)[C@@H]2c3ccccc3C(=O)N([C@H]3CCCC[C@@H]3N=O)[C@H]2c2ccc(Cl)cc2Cl)cc1. The summed E-state index contributed by atoms with van der Waals surface area (Å²) < 4.78 is 0. The van der Waals surface area contributed by atoms with Crippen molar-refractivity contribution in [3.8, 4) is 0 Å². The molecule has 3 amide bonds. The van der Waals surface area contributed by atoms with Gasteiger partial charge in [0.15, 0.2) is 0 Å². The molecule has 43 heavy (non-hydrogen) atoms. The van der Waals surface area contributed by atoms with Gasteiger partial charge in [-0.2, -0.15) is 4.91 Å². The van der Waals surface area contributed by atoms with Gasteiger partial charge in [-0.25, -0.2) is 5.48 Å². The number of nitroso groups, excluding NO2 is 2. The number of nitrogens with zero attached hydrogens (tertiary/aromatic N) is 3. The van der Waals surface area contributed by atoms with Gasteiger partial charge < -0.3 is 4.90 Å². The van der Waals surface area contributed by atoms with Crippen LogP contribution in [0.2, 0.25) is 10.0 Å². The van der Waals surface area contributed by atoms with Gasteiger partial charge >= 0.3 is 0 Å². The second-order valence-corrected chi connectivity index (χ2v) is 11.5. The number of amides is 3. The van der Waals surface area contributed by atoms with Gasteiger partial charge in [0.25, 0.3) is 17.7 Å². The predicted octanol–water partition coefficient (Wildman–Crippen LogP) is 6.44. The molecule has 5 rings (SSSR count). The molecule has 1 heterocycles. The van der Waals surface area contributed by atoms with Crippen molar-refractivity contribution >= 4 is 40.9 Å². The maximum Gasteiger partial charge on any atom is 0.290 e. The molecule has 1 saturated carbocycles. The van der Waals surface area contributed by atoms with Crippen LogP contribution in [0.5, 0.6) is 0 Å². The molecular weight excluding hydrogens is 595 g/mol. The van der Waals surface area contributed by atoms with Crippen LogP contribution in [-0.2, 0) is 27.5 Å². The topological polar surface area (TPSA) is 135 Å². The monoisotopic (exact) mass is 622 g/mol. The summed E-state index contributed by atoms with van der Waals surface area (Å²) in [4.78, 5) is 69.0. The van der Waals surface area contributed by atoms with Gasteiger partial charge in [0.05, 0.1) is 31.0 Å². The Balaban J connectivity index is 1.48. The lowest BCUT2D eigenvalue weighted by atomic mass is 9.76. The molecule has 10 nitrogen and oxygen atoms in total. The van der Waals surface area contributed by atoms with Crippen LogP contribution in [0.3, 0.4) is 0 Å². The third-order valence-corrected chi connectivity index (χ3v) is 8.58. The van der Waals surface area contributed by atoms with Crippen LogP contribution in [-0.4, -0.2) is 34.7 Å². The third kappa shape index (κ3) is 6.51. The van der Waals surface area contributed by atoms with Crippen LogP contribution >= 0.6 is 23.2 Å². The zero-order valence-electron chi connectivity index (χ0n) is 22.9. The number of benzene rings is 3. The van der Waals surface area contributed by atoms with Gasteiger partial charge in [-0.1, -0.05) is 89.8 Å². The highest BCUT2D eigenvalue weighted by Crippen LogP contribution is 2.48. The number of nitrogens with one attached hydrogen (secondary N) is 1. The van der Waals surface area contributed by atoms with E-state index in [4.69, 9.17) is 28.0 Å². The van der Waals surface area contributed by atoms with Crippen molar-refractivity contribution in [3.05, 3.63) is 114 Å². The van der Waals surface area contributed by atoms with Gasteiger partial charge in [0.1, 0.15) is 6.04 Å². The van der Waals surface area contributed by atoms with E-state index >= 15 is 0 Å². The Hall–Kier alpha value is -3.99. The molecule has 0 aromatic heterocycles. The van der Waals surface area contributed by atoms with E-state index in [1.807, 2.05) is 0 Å². The Labute approximate surface area is 257 Å². The van der Waals surface area contributed by atoms with E-state index in [0.29, 0.717) is 45.7 Å². The molecule has 1 aliphatic heterocycles. The van der Waals surface area contributed by atoms with Crippen molar-refractivity contribution in [2.24, 2.45) is 10.4 Å². The maximum absolute atomic E-state index is 14.1. The number of hydroxylamine groups is 1. The second kappa shape index (κ2) is 13.5. The van der Waals surface area contributed by atoms with E-state index in [1.54, 1.807) is 71.6 Å². The zero-order chi connectivity index (χ0) is 30.5. The van der Waals surface area contributed by atoms with Crippen molar-refractivity contribution in [1.29, 1.82) is 0 Å². The van der Waals surface area contributed by atoms with Gasteiger partial charge in [-0.05, 0) is 53.3 Å². The number of carbonyl (C=O) groups excluding carboxylic acids is 3. The molecule has 0 spiro atoms. The highest BCUT2D eigenvalue weighted by Gasteiger charge is 2.49. The van der Waals surface area contributed by atoms with Crippen LogP contribution in [0.4, 0.5) is 0 Å². The Kier molecular flexibility index (Phi) is 9.59. The van der Waals surface area contributed by atoms with E-state index in [1.165, 1.54) is 0 Å². The third-order valence-electron chi connectivity index (χ3n) is 8.02. The molecule has 1 fully saturated rings. The Morgan fingerprint density at radius 1 is 0.930 bits per heavy atom. The first-order valence-electron chi connectivity index (χ1n) is 13.9. The minimum absolute atomic E-state index is 0.00897.